The van der Waals surface area contributed by atoms with Crippen LogP contribution in [0.5, 0.6) is 0 Å². The summed E-state index contributed by atoms with van der Waals surface area (Å²) in [5.41, 5.74) is 6.03. The molecule has 0 saturated carbocycles. The highest BCUT2D eigenvalue weighted by atomic mass is 14.9. The average Bonchev–Trinajstić information content (AvgIpc) is 2.25. The van der Waals surface area contributed by atoms with Crippen molar-refractivity contribution in [1.82, 2.24) is 9.97 Å². The minimum atomic E-state index is 0.811. The molecule has 0 unspecified atom stereocenters. The van der Waals surface area contributed by atoms with Gasteiger partial charge in [-0.2, -0.15) is 0 Å². The van der Waals surface area contributed by atoms with Crippen molar-refractivity contribution in [2.45, 2.75) is 27.7 Å². The molecule has 1 aromatic carbocycles. The van der Waals surface area contributed by atoms with Crippen LogP contribution in [0.3, 0.4) is 0 Å². The third-order valence-electron chi connectivity index (χ3n) is 2.98. The summed E-state index contributed by atoms with van der Waals surface area (Å²) in [7, 11) is 0. The van der Waals surface area contributed by atoms with Crippen molar-refractivity contribution in [2.24, 2.45) is 0 Å². The van der Waals surface area contributed by atoms with E-state index in [-0.39, 0.29) is 0 Å². The van der Waals surface area contributed by atoms with E-state index in [9.17, 15) is 0 Å². The van der Waals surface area contributed by atoms with Gasteiger partial charge in [-0.3, -0.25) is 0 Å². The van der Waals surface area contributed by atoms with Gasteiger partial charge in [0.15, 0.2) is 5.82 Å². The standard InChI is InChI=1S/C14H16N2/c1-9-7-13(8-10(2)12(9)4)14-15-6-5-11(3)16-14/h5-8H,1-4H3. The van der Waals surface area contributed by atoms with Gasteiger partial charge in [-0.25, -0.2) is 9.97 Å². The van der Waals surface area contributed by atoms with Gasteiger partial charge in [-0.05, 0) is 62.6 Å². The van der Waals surface area contributed by atoms with Gasteiger partial charge in [0.1, 0.15) is 0 Å². The monoisotopic (exact) mass is 212 g/mol. The maximum absolute atomic E-state index is 4.44. The molecule has 0 atom stereocenters. The van der Waals surface area contributed by atoms with Crippen LogP contribution in [-0.4, -0.2) is 9.97 Å². The maximum atomic E-state index is 4.44. The molecule has 2 nitrogen and oxygen atoms in total. The van der Waals surface area contributed by atoms with Crippen LogP contribution in [0.15, 0.2) is 24.4 Å². The van der Waals surface area contributed by atoms with Crippen LogP contribution in [0.25, 0.3) is 11.4 Å². The molecule has 0 N–H and O–H groups in total. The zero-order chi connectivity index (χ0) is 11.7. The molecule has 1 heterocycles. The molecule has 0 radical (unpaired) electrons. The first kappa shape index (κ1) is 10.8. The third-order valence-corrected chi connectivity index (χ3v) is 2.98. The molecule has 16 heavy (non-hydrogen) atoms. The maximum Gasteiger partial charge on any atom is 0.159 e. The minimum Gasteiger partial charge on any atom is -0.237 e. The lowest BCUT2D eigenvalue weighted by Crippen LogP contribution is -1.94. The van der Waals surface area contributed by atoms with Crippen molar-refractivity contribution in [2.75, 3.05) is 0 Å². The normalized spacial score (nSPS) is 10.5. The van der Waals surface area contributed by atoms with E-state index in [1.54, 1.807) is 0 Å². The van der Waals surface area contributed by atoms with Gasteiger partial charge >= 0.3 is 0 Å². The van der Waals surface area contributed by atoms with Gasteiger partial charge in [0, 0.05) is 17.5 Å². The summed E-state index contributed by atoms with van der Waals surface area (Å²) in [6.45, 7) is 8.38. The number of hydrogen-bond donors (Lipinski definition) is 0. The van der Waals surface area contributed by atoms with Crippen LogP contribution in [-0.2, 0) is 0 Å². The largest absolute Gasteiger partial charge is 0.237 e. The first-order valence-electron chi connectivity index (χ1n) is 5.46. The lowest BCUT2D eigenvalue weighted by molar-refractivity contribution is 1.11. The van der Waals surface area contributed by atoms with E-state index in [1.165, 1.54) is 16.7 Å². The number of aromatic nitrogens is 2. The molecule has 0 saturated heterocycles. The summed E-state index contributed by atoms with van der Waals surface area (Å²) >= 11 is 0. The Hall–Kier alpha value is -1.70. The lowest BCUT2D eigenvalue weighted by Gasteiger charge is -2.08. The highest BCUT2D eigenvalue weighted by Crippen LogP contribution is 2.22. The predicted molar refractivity (Wildman–Crippen MR) is 66.4 cm³/mol. The first-order valence-corrected chi connectivity index (χ1v) is 5.46. The van der Waals surface area contributed by atoms with E-state index in [1.807, 2.05) is 19.2 Å². The van der Waals surface area contributed by atoms with Crippen molar-refractivity contribution in [1.29, 1.82) is 0 Å². The quantitative estimate of drug-likeness (QED) is 0.724. The molecular weight excluding hydrogens is 196 g/mol. The summed E-state index contributed by atoms with van der Waals surface area (Å²) in [5, 5.41) is 0. The van der Waals surface area contributed by atoms with Crippen LogP contribution in [0.1, 0.15) is 22.4 Å². The molecule has 2 heteroatoms. The Morgan fingerprint density at radius 1 is 0.938 bits per heavy atom. The first-order chi connectivity index (χ1) is 7.58. The van der Waals surface area contributed by atoms with Crippen molar-refractivity contribution in [3.63, 3.8) is 0 Å². The molecule has 1 aromatic heterocycles. The highest BCUT2D eigenvalue weighted by Gasteiger charge is 2.05. The van der Waals surface area contributed by atoms with Gasteiger partial charge in [0.05, 0.1) is 0 Å². The minimum absolute atomic E-state index is 0.811. The van der Waals surface area contributed by atoms with Crippen LogP contribution >= 0.6 is 0 Å². The number of hydrogen-bond acceptors (Lipinski definition) is 2. The van der Waals surface area contributed by atoms with E-state index in [4.69, 9.17) is 0 Å². The molecule has 2 rings (SSSR count). The van der Waals surface area contributed by atoms with Crippen LogP contribution in [0.2, 0.25) is 0 Å². The molecular formula is C14H16N2. The van der Waals surface area contributed by atoms with E-state index in [2.05, 4.69) is 42.9 Å². The Morgan fingerprint density at radius 2 is 1.56 bits per heavy atom. The SMILES string of the molecule is Cc1ccnc(-c2cc(C)c(C)c(C)c2)n1. The summed E-state index contributed by atoms with van der Waals surface area (Å²) in [5.74, 6) is 0.811. The zero-order valence-electron chi connectivity index (χ0n) is 10.2. The zero-order valence-corrected chi connectivity index (χ0v) is 10.2. The Kier molecular flexibility index (Phi) is 2.73. The smallest absolute Gasteiger partial charge is 0.159 e. The summed E-state index contributed by atoms with van der Waals surface area (Å²) in [6, 6.07) is 6.21. The molecule has 0 amide bonds. The molecule has 0 fully saturated rings. The number of aryl methyl sites for hydroxylation is 3. The van der Waals surface area contributed by atoms with Crippen LogP contribution in [0.4, 0.5) is 0 Å². The second kappa shape index (κ2) is 4.05. The van der Waals surface area contributed by atoms with Gasteiger partial charge < -0.3 is 0 Å². The number of benzene rings is 1. The molecule has 0 bridgehead atoms. The van der Waals surface area contributed by atoms with Crippen molar-refractivity contribution < 1.29 is 0 Å². The van der Waals surface area contributed by atoms with Crippen LogP contribution < -0.4 is 0 Å². The highest BCUT2D eigenvalue weighted by molar-refractivity contribution is 5.59. The second-order valence-electron chi connectivity index (χ2n) is 4.26. The number of rotatable bonds is 1. The molecule has 0 spiro atoms. The summed E-state index contributed by atoms with van der Waals surface area (Å²) in [4.78, 5) is 8.75. The van der Waals surface area contributed by atoms with Gasteiger partial charge in [0.2, 0.25) is 0 Å². The molecule has 82 valence electrons. The van der Waals surface area contributed by atoms with E-state index < -0.39 is 0 Å². The topological polar surface area (TPSA) is 25.8 Å². The van der Waals surface area contributed by atoms with Crippen molar-refractivity contribution in [3.8, 4) is 11.4 Å². The van der Waals surface area contributed by atoms with E-state index in [0.717, 1.165) is 17.1 Å². The number of nitrogens with zero attached hydrogens (tertiary/aromatic N) is 2. The van der Waals surface area contributed by atoms with Crippen molar-refractivity contribution >= 4 is 0 Å². The Bertz CT molecular complexity index is 507. The third kappa shape index (κ3) is 1.96. The fraction of sp³-hybridized carbons (Fsp3) is 0.286. The van der Waals surface area contributed by atoms with Gasteiger partial charge in [0.25, 0.3) is 0 Å². The predicted octanol–water partition coefficient (Wildman–Crippen LogP) is 3.38. The molecule has 0 aliphatic heterocycles. The molecule has 0 aliphatic rings. The average molecular weight is 212 g/mol. The Labute approximate surface area is 96.4 Å². The van der Waals surface area contributed by atoms with E-state index in [0.29, 0.717) is 0 Å². The van der Waals surface area contributed by atoms with Crippen LogP contribution in [0, 0.1) is 27.7 Å². The Morgan fingerprint density at radius 3 is 2.12 bits per heavy atom. The van der Waals surface area contributed by atoms with Gasteiger partial charge in [-0.15, -0.1) is 0 Å². The summed E-state index contributed by atoms with van der Waals surface area (Å²) < 4.78 is 0. The second-order valence-corrected chi connectivity index (χ2v) is 4.26. The van der Waals surface area contributed by atoms with E-state index >= 15 is 0 Å². The summed E-state index contributed by atoms with van der Waals surface area (Å²) in [6.07, 6.45) is 1.81. The fourth-order valence-electron chi connectivity index (χ4n) is 1.75. The molecule has 2 aromatic rings. The van der Waals surface area contributed by atoms with Crippen molar-refractivity contribution in [3.05, 3.63) is 46.8 Å². The molecule has 0 aliphatic carbocycles. The van der Waals surface area contributed by atoms with Gasteiger partial charge in [-0.1, -0.05) is 0 Å². The fourth-order valence-corrected chi connectivity index (χ4v) is 1.75. The Balaban J connectivity index is 2.57. The lowest BCUT2D eigenvalue weighted by atomic mass is 10.0.